The summed E-state index contributed by atoms with van der Waals surface area (Å²) in [6.07, 6.45) is 1.31. The average molecular weight is 270 g/mol. The monoisotopic (exact) mass is 269 g/mol. The summed E-state index contributed by atoms with van der Waals surface area (Å²) in [6, 6.07) is 7.89. The van der Waals surface area contributed by atoms with Crippen LogP contribution < -0.4 is 5.32 Å². The molecule has 0 saturated carbocycles. The van der Waals surface area contributed by atoms with Gasteiger partial charge in [-0.05, 0) is 32.4 Å². The Morgan fingerprint density at radius 3 is 2.44 bits per heavy atom. The van der Waals surface area contributed by atoms with E-state index in [1.807, 2.05) is 31.3 Å². The van der Waals surface area contributed by atoms with Crippen LogP contribution in [-0.4, -0.2) is 19.7 Å². The van der Waals surface area contributed by atoms with Gasteiger partial charge in [-0.3, -0.25) is 0 Å². The lowest BCUT2D eigenvalue weighted by molar-refractivity contribution is -0.0117. The first-order valence-electron chi connectivity index (χ1n) is 6.59. The van der Waals surface area contributed by atoms with E-state index >= 15 is 0 Å². The van der Waals surface area contributed by atoms with Crippen molar-refractivity contribution in [1.82, 2.24) is 5.32 Å². The van der Waals surface area contributed by atoms with Gasteiger partial charge in [-0.2, -0.15) is 0 Å². The van der Waals surface area contributed by atoms with E-state index in [2.05, 4.69) is 26.1 Å². The highest BCUT2D eigenvalue weighted by Crippen LogP contribution is 2.27. The smallest absolute Gasteiger partial charge is 0.0967 e. The van der Waals surface area contributed by atoms with Crippen molar-refractivity contribution < 1.29 is 4.74 Å². The Balaban J connectivity index is 2.74. The van der Waals surface area contributed by atoms with Crippen molar-refractivity contribution >= 4 is 11.6 Å². The summed E-state index contributed by atoms with van der Waals surface area (Å²) in [4.78, 5) is 0. The van der Waals surface area contributed by atoms with Gasteiger partial charge in [0.1, 0.15) is 0 Å². The zero-order valence-corrected chi connectivity index (χ0v) is 12.5. The molecule has 0 bridgehead atoms. The number of hydrogen-bond acceptors (Lipinski definition) is 2. The molecular formula is C15H24ClNO. The van der Waals surface area contributed by atoms with E-state index in [4.69, 9.17) is 16.3 Å². The van der Waals surface area contributed by atoms with Gasteiger partial charge in [0.15, 0.2) is 0 Å². The molecule has 1 aromatic rings. The lowest BCUT2D eigenvalue weighted by Crippen LogP contribution is -2.24. The molecule has 0 aliphatic carbocycles. The average Bonchev–Trinajstić information content (AvgIpc) is 2.28. The number of rotatable bonds is 7. The van der Waals surface area contributed by atoms with Gasteiger partial charge in [-0.25, -0.2) is 0 Å². The van der Waals surface area contributed by atoms with Crippen LogP contribution in [-0.2, 0) is 4.74 Å². The van der Waals surface area contributed by atoms with Gasteiger partial charge in [-0.15, -0.1) is 0 Å². The molecule has 0 radical (unpaired) electrons. The molecule has 2 nitrogen and oxygen atoms in total. The maximum Gasteiger partial charge on any atom is 0.0967 e. The molecular weight excluding hydrogens is 246 g/mol. The molecule has 0 saturated heterocycles. The number of halogens is 1. The predicted molar refractivity (Wildman–Crippen MR) is 78.1 cm³/mol. The van der Waals surface area contributed by atoms with E-state index in [9.17, 15) is 0 Å². The zero-order chi connectivity index (χ0) is 13.5. The number of likely N-dealkylation sites (N-methyl/N-ethyl adjacent to an activating group) is 1. The van der Waals surface area contributed by atoms with Crippen molar-refractivity contribution in [2.45, 2.75) is 39.4 Å². The number of ether oxygens (including phenoxy) is 1. The standard InChI is InChI=1S/C15H24ClNO/c1-11(2)9-12(3)18-15(10-17-4)13-7-5-6-8-14(13)16/h5-8,11-12,15,17H,9-10H2,1-4H3. The Morgan fingerprint density at radius 2 is 1.89 bits per heavy atom. The Hall–Kier alpha value is -0.570. The SMILES string of the molecule is CNCC(OC(C)CC(C)C)c1ccccc1Cl. The molecule has 3 heteroatoms. The van der Waals surface area contributed by atoms with Crippen molar-refractivity contribution in [2.24, 2.45) is 5.92 Å². The van der Waals surface area contributed by atoms with Crippen LogP contribution in [0.25, 0.3) is 0 Å². The van der Waals surface area contributed by atoms with Gasteiger partial charge in [-0.1, -0.05) is 43.6 Å². The molecule has 18 heavy (non-hydrogen) atoms. The lowest BCUT2D eigenvalue weighted by atomic mass is 10.1. The molecule has 1 aromatic carbocycles. The fraction of sp³-hybridized carbons (Fsp3) is 0.600. The highest BCUT2D eigenvalue weighted by Gasteiger charge is 2.18. The molecule has 0 heterocycles. The van der Waals surface area contributed by atoms with Crippen molar-refractivity contribution in [1.29, 1.82) is 0 Å². The summed E-state index contributed by atoms with van der Waals surface area (Å²) < 4.78 is 6.12. The Morgan fingerprint density at radius 1 is 1.22 bits per heavy atom. The van der Waals surface area contributed by atoms with Gasteiger partial charge in [0.05, 0.1) is 12.2 Å². The number of benzene rings is 1. The molecule has 2 atom stereocenters. The number of nitrogens with one attached hydrogen (secondary N) is 1. The quantitative estimate of drug-likeness (QED) is 0.806. The predicted octanol–water partition coefficient (Wildman–Crippen LogP) is 4.05. The van der Waals surface area contributed by atoms with Crippen LogP contribution in [0.5, 0.6) is 0 Å². The summed E-state index contributed by atoms with van der Waals surface area (Å²) in [5.74, 6) is 0.640. The van der Waals surface area contributed by atoms with Crippen LogP contribution in [0.3, 0.4) is 0 Å². The third-order valence-electron chi connectivity index (χ3n) is 2.84. The summed E-state index contributed by atoms with van der Waals surface area (Å²) >= 11 is 6.24. The molecule has 0 aliphatic heterocycles. The second-order valence-electron chi connectivity index (χ2n) is 5.14. The van der Waals surface area contributed by atoms with Crippen molar-refractivity contribution in [3.05, 3.63) is 34.9 Å². The van der Waals surface area contributed by atoms with Crippen LogP contribution in [0.1, 0.15) is 38.9 Å². The van der Waals surface area contributed by atoms with E-state index in [-0.39, 0.29) is 12.2 Å². The third-order valence-corrected chi connectivity index (χ3v) is 3.19. The summed E-state index contributed by atoms with van der Waals surface area (Å²) in [5, 5.41) is 3.94. The molecule has 0 amide bonds. The Bertz CT molecular complexity index is 354. The molecule has 0 fully saturated rings. The van der Waals surface area contributed by atoms with Crippen molar-refractivity contribution in [3.63, 3.8) is 0 Å². The maximum absolute atomic E-state index is 6.24. The van der Waals surface area contributed by atoms with E-state index in [1.165, 1.54) is 0 Å². The van der Waals surface area contributed by atoms with Crippen LogP contribution >= 0.6 is 11.6 Å². The maximum atomic E-state index is 6.24. The first-order valence-corrected chi connectivity index (χ1v) is 6.96. The zero-order valence-electron chi connectivity index (χ0n) is 11.7. The minimum atomic E-state index is 0.0115. The van der Waals surface area contributed by atoms with E-state index in [0.29, 0.717) is 5.92 Å². The molecule has 0 spiro atoms. The fourth-order valence-corrected chi connectivity index (χ4v) is 2.41. The van der Waals surface area contributed by atoms with Crippen LogP contribution in [0.15, 0.2) is 24.3 Å². The van der Waals surface area contributed by atoms with Gasteiger partial charge in [0, 0.05) is 17.1 Å². The first-order chi connectivity index (χ1) is 8.54. The normalized spacial score (nSPS) is 14.8. The number of hydrogen-bond donors (Lipinski definition) is 1. The van der Waals surface area contributed by atoms with Gasteiger partial charge in [0.25, 0.3) is 0 Å². The van der Waals surface area contributed by atoms with E-state index < -0.39 is 0 Å². The summed E-state index contributed by atoms with van der Waals surface area (Å²) in [7, 11) is 1.93. The molecule has 102 valence electrons. The van der Waals surface area contributed by atoms with Crippen molar-refractivity contribution in [3.8, 4) is 0 Å². The van der Waals surface area contributed by atoms with Gasteiger partial charge in [0.2, 0.25) is 0 Å². The van der Waals surface area contributed by atoms with Crippen LogP contribution in [0.2, 0.25) is 5.02 Å². The second-order valence-corrected chi connectivity index (χ2v) is 5.55. The van der Waals surface area contributed by atoms with Gasteiger partial charge < -0.3 is 10.1 Å². The Kier molecular flexibility index (Phi) is 6.69. The second kappa shape index (κ2) is 7.78. The van der Waals surface area contributed by atoms with Crippen molar-refractivity contribution in [2.75, 3.05) is 13.6 Å². The highest BCUT2D eigenvalue weighted by atomic mass is 35.5. The molecule has 2 unspecified atom stereocenters. The van der Waals surface area contributed by atoms with Gasteiger partial charge >= 0.3 is 0 Å². The molecule has 1 rings (SSSR count). The minimum Gasteiger partial charge on any atom is -0.369 e. The largest absolute Gasteiger partial charge is 0.369 e. The lowest BCUT2D eigenvalue weighted by Gasteiger charge is -2.24. The third kappa shape index (κ3) is 4.97. The fourth-order valence-electron chi connectivity index (χ4n) is 2.15. The van der Waals surface area contributed by atoms with Crippen LogP contribution in [0.4, 0.5) is 0 Å². The summed E-state index contributed by atoms with van der Waals surface area (Å²) in [5.41, 5.74) is 1.06. The topological polar surface area (TPSA) is 21.3 Å². The first kappa shape index (κ1) is 15.5. The van der Waals surface area contributed by atoms with E-state index in [0.717, 1.165) is 23.6 Å². The van der Waals surface area contributed by atoms with Crippen LogP contribution in [0, 0.1) is 5.92 Å². The summed E-state index contributed by atoms with van der Waals surface area (Å²) in [6.45, 7) is 7.32. The molecule has 1 N–H and O–H groups in total. The van der Waals surface area contributed by atoms with E-state index in [1.54, 1.807) is 0 Å². The molecule has 0 aromatic heterocycles. The Labute approximate surface area is 116 Å². The molecule has 0 aliphatic rings. The highest BCUT2D eigenvalue weighted by molar-refractivity contribution is 6.31. The minimum absolute atomic E-state index is 0.0115.